The molecule has 0 aliphatic carbocycles. The largest absolute Gasteiger partial charge is 0.395 e. The molecule has 0 spiro atoms. The van der Waals surface area contributed by atoms with Gasteiger partial charge in [0, 0.05) is 16.2 Å². The zero-order valence-electron chi connectivity index (χ0n) is 13.5. The second-order valence-corrected chi connectivity index (χ2v) is 8.12. The maximum absolute atomic E-state index is 12.5. The van der Waals surface area contributed by atoms with Crippen molar-refractivity contribution in [2.45, 2.75) is 17.0 Å². The summed E-state index contributed by atoms with van der Waals surface area (Å²) in [6, 6.07) is 14.8. The van der Waals surface area contributed by atoms with E-state index in [0.717, 1.165) is 9.13 Å². The molecule has 132 valence electrons. The van der Waals surface area contributed by atoms with Crippen molar-refractivity contribution in [1.29, 1.82) is 0 Å². The van der Waals surface area contributed by atoms with Crippen LogP contribution >= 0.6 is 22.6 Å². The highest BCUT2D eigenvalue weighted by Crippen LogP contribution is 2.13. The number of aliphatic hydroxyl groups is 1. The van der Waals surface area contributed by atoms with Crippen molar-refractivity contribution < 1.29 is 18.3 Å². The first-order valence-electron chi connectivity index (χ1n) is 7.44. The Kier molecular flexibility index (Phi) is 7.40. The average Bonchev–Trinajstić information content (AvgIpc) is 2.62. The first-order chi connectivity index (χ1) is 12.0. The second-order valence-electron chi connectivity index (χ2n) is 5.16. The van der Waals surface area contributed by atoms with Gasteiger partial charge in [-0.2, -0.15) is 0 Å². The number of sulfonamides is 1. The molecule has 0 aliphatic rings. The predicted octanol–water partition coefficient (Wildman–Crippen LogP) is 2.00. The third-order valence-electron chi connectivity index (χ3n) is 3.38. The van der Waals surface area contributed by atoms with Crippen molar-refractivity contribution >= 4 is 32.6 Å². The van der Waals surface area contributed by atoms with E-state index in [1.54, 1.807) is 12.1 Å². The van der Waals surface area contributed by atoms with Gasteiger partial charge in [-0.05, 0) is 59.0 Å². The van der Waals surface area contributed by atoms with E-state index in [0.29, 0.717) is 0 Å². The third-order valence-corrected chi connectivity index (χ3v) is 5.60. The SMILES string of the molecule is CO[C@H](C#Cc1ccccc1)[C@H](CO)NS(=O)(=O)c1ccc(I)cc1. The number of halogens is 1. The van der Waals surface area contributed by atoms with Crippen LogP contribution < -0.4 is 4.72 Å². The van der Waals surface area contributed by atoms with Crippen molar-refractivity contribution in [2.75, 3.05) is 13.7 Å². The van der Waals surface area contributed by atoms with Crippen molar-refractivity contribution in [3.63, 3.8) is 0 Å². The summed E-state index contributed by atoms with van der Waals surface area (Å²) < 4.78 is 33.6. The molecule has 0 fully saturated rings. The van der Waals surface area contributed by atoms with Gasteiger partial charge in [0.1, 0.15) is 6.10 Å². The van der Waals surface area contributed by atoms with E-state index in [-0.39, 0.29) is 4.90 Å². The molecule has 0 radical (unpaired) electrons. The minimum absolute atomic E-state index is 0.122. The Balaban J connectivity index is 2.19. The summed E-state index contributed by atoms with van der Waals surface area (Å²) in [6.07, 6.45) is -0.788. The molecular formula is C18H18INO4S. The molecular weight excluding hydrogens is 453 g/mol. The van der Waals surface area contributed by atoms with Crippen LogP contribution in [0, 0.1) is 15.4 Å². The van der Waals surface area contributed by atoms with Gasteiger partial charge in [-0.25, -0.2) is 13.1 Å². The number of nitrogens with one attached hydrogen (secondary N) is 1. The number of hydrogen-bond donors (Lipinski definition) is 2. The summed E-state index contributed by atoms with van der Waals surface area (Å²) in [5.74, 6) is 5.78. The van der Waals surface area contributed by atoms with Crippen molar-refractivity contribution in [3.05, 3.63) is 63.7 Å². The van der Waals surface area contributed by atoms with Crippen molar-refractivity contribution in [3.8, 4) is 11.8 Å². The number of methoxy groups -OCH3 is 1. The van der Waals surface area contributed by atoms with Gasteiger partial charge in [0.15, 0.2) is 0 Å². The summed E-state index contributed by atoms with van der Waals surface area (Å²) in [7, 11) is -2.36. The van der Waals surface area contributed by atoms with E-state index in [1.807, 2.05) is 30.3 Å². The lowest BCUT2D eigenvalue weighted by Crippen LogP contribution is -2.46. The topological polar surface area (TPSA) is 75.6 Å². The van der Waals surface area contributed by atoms with Gasteiger partial charge in [0.2, 0.25) is 10.0 Å². The molecule has 2 aromatic rings. The Morgan fingerprint density at radius 2 is 1.80 bits per heavy atom. The highest BCUT2D eigenvalue weighted by Gasteiger charge is 2.25. The zero-order chi connectivity index (χ0) is 18.3. The summed E-state index contributed by atoms with van der Waals surface area (Å²) in [5, 5.41) is 9.60. The van der Waals surface area contributed by atoms with Crippen LogP contribution in [0.4, 0.5) is 0 Å². The van der Waals surface area contributed by atoms with E-state index < -0.39 is 28.8 Å². The number of benzene rings is 2. The minimum atomic E-state index is -3.79. The van der Waals surface area contributed by atoms with Gasteiger partial charge >= 0.3 is 0 Å². The van der Waals surface area contributed by atoms with Crippen LogP contribution in [-0.2, 0) is 14.8 Å². The molecule has 7 heteroatoms. The standard InChI is InChI=1S/C18H18INO4S/c1-24-18(12-7-14-5-3-2-4-6-14)17(13-21)20-25(22,23)16-10-8-15(19)9-11-16/h2-6,8-11,17-18,20-21H,13H2,1H3/t17-,18+/m0/s1. The van der Waals surface area contributed by atoms with Crippen molar-refractivity contribution in [2.24, 2.45) is 0 Å². The third kappa shape index (κ3) is 5.80. The van der Waals surface area contributed by atoms with Crippen LogP contribution in [0.3, 0.4) is 0 Å². The minimum Gasteiger partial charge on any atom is -0.395 e. The fraction of sp³-hybridized carbons (Fsp3) is 0.222. The average molecular weight is 471 g/mol. The summed E-state index contributed by atoms with van der Waals surface area (Å²) in [5.41, 5.74) is 0.779. The zero-order valence-corrected chi connectivity index (χ0v) is 16.5. The molecule has 2 rings (SSSR count). The molecule has 0 unspecified atom stereocenters. The molecule has 2 atom stereocenters. The number of aliphatic hydroxyl groups excluding tert-OH is 1. The highest BCUT2D eigenvalue weighted by atomic mass is 127. The van der Waals surface area contributed by atoms with E-state index in [4.69, 9.17) is 4.74 Å². The molecule has 0 aliphatic heterocycles. The lowest BCUT2D eigenvalue weighted by atomic mass is 10.1. The number of hydrogen-bond acceptors (Lipinski definition) is 4. The first kappa shape index (κ1) is 19.9. The molecule has 0 aromatic heterocycles. The van der Waals surface area contributed by atoms with Crippen molar-refractivity contribution in [1.82, 2.24) is 4.72 Å². The Hall–Kier alpha value is -1.44. The smallest absolute Gasteiger partial charge is 0.241 e. The molecule has 2 aromatic carbocycles. The first-order valence-corrected chi connectivity index (χ1v) is 10.0. The van der Waals surface area contributed by atoms with E-state index >= 15 is 0 Å². The maximum Gasteiger partial charge on any atom is 0.241 e. The van der Waals surface area contributed by atoms with Gasteiger partial charge in [0.05, 0.1) is 17.5 Å². The Morgan fingerprint density at radius 1 is 1.16 bits per heavy atom. The monoisotopic (exact) mass is 471 g/mol. The van der Waals surface area contributed by atoms with E-state index in [1.165, 1.54) is 19.2 Å². The fourth-order valence-corrected chi connectivity index (χ4v) is 3.66. The van der Waals surface area contributed by atoms with Crippen LogP contribution in [0.2, 0.25) is 0 Å². The van der Waals surface area contributed by atoms with E-state index in [2.05, 4.69) is 39.2 Å². The second kappa shape index (κ2) is 9.31. The molecule has 25 heavy (non-hydrogen) atoms. The number of ether oxygens (including phenoxy) is 1. The van der Waals surface area contributed by atoms with E-state index in [9.17, 15) is 13.5 Å². The van der Waals surface area contributed by atoms with Crippen LogP contribution in [0.25, 0.3) is 0 Å². The Labute approximate surface area is 161 Å². The molecule has 0 amide bonds. The van der Waals surface area contributed by atoms with Gasteiger partial charge in [-0.15, -0.1) is 0 Å². The van der Waals surface area contributed by atoms with Crippen LogP contribution in [0.5, 0.6) is 0 Å². The molecule has 0 bridgehead atoms. The van der Waals surface area contributed by atoms with Gasteiger partial charge in [0.25, 0.3) is 0 Å². The molecule has 2 N–H and O–H groups in total. The van der Waals surface area contributed by atoms with Crippen LogP contribution in [-0.4, -0.2) is 39.4 Å². The van der Waals surface area contributed by atoms with Crippen LogP contribution in [0.1, 0.15) is 5.56 Å². The normalized spacial score (nSPS) is 13.6. The lowest BCUT2D eigenvalue weighted by Gasteiger charge is -2.21. The van der Waals surface area contributed by atoms with Gasteiger partial charge in [-0.3, -0.25) is 0 Å². The maximum atomic E-state index is 12.5. The quantitative estimate of drug-likeness (QED) is 0.500. The molecule has 0 saturated heterocycles. The summed E-state index contributed by atoms with van der Waals surface area (Å²) >= 11 is 2.10. The molecule has 0 heterocycles. The van der Waals surface area contributed by atoms with Gasteiger partial charge in [-0.1, -0.05) is 30.0 Å². The van der Waals surface area contributed by atoms with Gasteiger partial charge < -0.3 is 9.84 Å². The molecule has 5 nitrogen and oxygen atoms in total. The highest BCUT2D eigenvalue weighted by molar-refractivity contribution is 14.1. The molecule has 0 saturated carbocycles. The Bertz CT molecular complexity index is 842. The summed E-state index contributed by atoms with van der Waals surface area (Å²) in [4.78, 5) is 0.122. The fourth-order valence-electron chi connectivity index (χ4n) is 2.08. The Morgan fingerprint density at radius 3 is 2.36 bits per heavy atom. The predicted molar refractivity (Wildman–Crippen MR) is 104 cm³/mol. The summed E-state index contributed by atoms with van der Waals surface area (Å²) in [6.45, 7) is -0.439. The lowest BCUT2D eigenvalue weighted by molar-refractivity contribution is 0.0930. The van der Waals surface area contributed by atoms with Crippen LogP contribution in [0.15, 0.2) is 59.5 Å². The number of rotatable bonds is 6.